The van der Waals surface area contributed by atoms with Gasteiger partial charge in [0.15, 0.2) is 0 Å². The number of hydrogen-bond acceptors (Lipinski definition) is 5. The third kappa shape index (κ3) is 4.24. The number of carboxylic acids is 1. The van der Waals surface area contributed by atoms with Crippen molar-refractivity contribution >= 4 is 17.8 Å². The van der Waals surface area contributed by atoms with Crippen molar-refractivity contribution in [2.45, 2.75) is 69.7 Å². The molecule has 0 aliphatic carbocycles. The lowest BCUT2D eigenvalue weighted by molar-refractivity contribution is -0.158. The molecule has 2 bridgehead atoms. The smallest absolute Gasteiger partial charge is 0.310 e. The van der Waals surface area contributed by atoms with Crippen LogP contribution in [-0.4, -0.2) is 74.7 Å². The summed E-state index contributed by atoms with van der Waals surface area (Å²) in [5.41, 5.74) is -1.20. The van der Waals surface area contributed by atoms with Crippen molar-refractivity contribution in [2.75, 3.05) is 19.7 Å². The summed E-state index contributed by atoms with van der Waals surface area (Å²) in [6.07, 6.45) is 5.12. The lowest BCUT2D eigenvalue weighted by atomic mass is 9.62. The predicted molar refractivity (Wildman–Crippen MR) is 134 cm³/mol. The number of carbonyl (C=O) groups is 3. The maximum Gasteiger partial charge on any atom is 0.310 e. The Morgan fingerprint density at radius 3 is 2.56 bits per heavy atom. The van der Waals surface area contributed by atoms with Crippen molar-refractivity contribution in [3.05, 3.63) is 48.6 Å². The summed E-state index contributed by atoms with van der Waals surface area (Å²) < 4.78 is 6.57. The molecular weight excluding hydrogens is 460 g/mol. The number of carboxylic acid groups (broad SMARTS) is 1. The maximum absolute atomic E-state index is 14.3. The van der Waals surface area contributed by atoms with Crippen LogP contribution >= 0.6 is 0 Å². The fraction of sp³-hybridized carbons (Fsp3) is 0.607. The molecule has 3 fully saturated rings. The Morgan fingerprint density at radius 2 is 1.92 bits per heavy atom. The van der Waals surface area contributed by atoms with Gasteiger partial charge in [0.2, 0.25) is 11.8 Å². The van der Waals surface area contributed by atoms with E-state index in [0.717, 1.165) is 18.4 Å². The fourth-order valence-electron chi connectivity index (χ4n) is 6.75. The number of nitrogens with zero attached hydrogens (tertiary/aromatic N) is 2. The van der Waals surface area contributed by atoms with Crippen LogP contribution < -0.4 is 0 Å². The number of carbonyl (C=O) groups excluding carboxylic acids is 2. The minimum absolute atomic E-state index is 0.107. The second-order valence-corrected chi connectivity index (χ2v) is 10.7. The van der Waals surface area contributed by atoms with Gasteiger partial charge in [-0.2, -0.15) is 0 Å². The first kappa shape index (κ1) is 26.4. The SMILES string of the molecule is C=CCN(Cc1ccccc1)C(=O)C1N(CCCCCCO)C(=O)[C@@H]2[C@@H](C(=O)O)[C@]3(C)OC12CC3C. The van der Waals surface area contributed by atoms with E-state index in [0.29, 0.717) is 38.9 Å². The summed E-state index contributed by atoms with van der Waals surface area (Å²) in [5.74, 6) is -3.56. The Bertz CT molecular complexity index is 999. The van der Waals surface area contributed by atoms with Gasteiger partial charge in [-0.05, 0) is 37.7 Å². The second-order valence-electron chi connectivity index (χ2n) is 10.7. The summed E-state index contributed by atoms with van der Waals surface area (Å²) >= 11 is 0. The summed E-state index contributed by atoms with van der Waals surface area (Å²) in [7, 11) is 0. The van der Waals surface area contributed by atoms with E-state index < -0.39 is 35.0 Å². The molecule has 3 aliphatic heterocycles. The van der Waals surface area contributed by atoms with Crippen LogP contribution in [0.4, 0.5) is 0 Å². The number of aliphatic hydroxyl groups excluding tert-OH is 1. The second kappa shape index (κ2) is 10.3. The van der Waals surface area contributed by atoms with Gasteiger partial charge in [0.1, 0.15) is 17.6 Å². The number of hydrogen-bond donors (Lipinski definition) is 2. The molecule has 8 heteroatoms. The highest BCUT2D eigenvalue weighted by Crippen LogP contribution is 2.65. The number of unbranched alkanes of at least 4 members (excludes halogenated alkanes) is 3. The normalized spacial score (nSPS) is 32.5. The van der Waals surface area contributed by atoms with Gasteiger partial charge < -0.3 is 24.7 Å². The van der Waals surface area contributed by atoms with Gasteiger partial charge in [-0.25, -0.2) is 0 Å². The molecule has 3 heterocycles. The number of benzene rings is 1. The van der Waals surface area contributed by atoms with E-state index in [1.807, 2.05) is 37.3 Å². The molecule has 1 aromatic rings. The van der Waals surface area contributed by atoms with Crippen molar-refractivity contribution in [1.82, 2.24) is 9.80 Å². The van der Waals surface area contributed by atoms with Crippen molar-refractivity contribution in [1.29, 1.82) is 0 Å². The van der Waals surface area contributed by atoms with Crippen LogP contribution in [0.1, 0.15) is 51.5 Å². The fourth-order valence-corrected chi connectivity index (χ4v) is 6.75. The van der Waals surface area contributed by atoms with Crippen molar-refractivity contribution < 1.29 is 29.3 Å². The third-order valence-corrected chi connectivity index (χ3v) is 8.50. The van der Waals surface area contributed by atoms with Crippen molar-refractivity contribution in [2.24, 2.45) is 17.8 Å². The Kier molecular flexibility index (Phi) is 7.57. The van der Waals surface area contributed by atoms with Gasteiger partial charge in [-0.15, -0.1) is 6.58 Å². The molecule has 1 aromatic carbocycles. The molecule has 1 spiro atoms. The number of likely N-dealkylation sites (tertiary alicyclic amines) is 1. The summed E-state index contributed by atoms with van der Waals surface area (Å²) in [4.78, 5) is 43.9. The Hall–Kier alpha value is -2.71. The summed E-state index contributed by atoms with van der Waals surface area (Å²) in [6.45, 7) is 8.70. The third-order valence-electron chi connectivity index (χ3n) is 8.50. The number of rotatable bonds is 12. The van der Waals surface area contributed by atoms with Gasteiger partial charge in [-0.3, -0.25) is 14.4 Å². The molecule has 3 aliphatic rings. The largest absolute Gasteiger partial charge is 0.481 e. The zero-order chi connectivity index (χ0) is 26.1. The van der Waals surface area contributed by atoms with Crippen LogP contribution in [-0.2, 0) is 25.7 Å². The first-order valence-electron chi connectivity index (χ1n) is 13.0. The van der Waals surface area contributed by atoms with Crippen molar-refractivity contribution in [3.8, 4) is 0 Å². The number of ether oxygens (including phenoxy) is 1. The highest BCUT2D eigenvalue weighted by atomic mass is 16.5. The molecule has 3 saturated heterocycles. The van der Waals surface area contributed by atoms with Crippen molar-refractivity contribution in [3.63, 3.8) is 0 Å². The molecule has 3 unspecified atom stereocenters. The minimum Gasteiger partial charge on any atom is -0.481 e. The molecule has 0 saturated carbocycles. The Labute approximate surface area is 212 Å². The Morgan fingerprint density at radius 1 is 1.22 bits per heavy atom. The van der Waals surface area contributed by atoms with Crippen LogP contribution in [0.5, 0.6) is 0 Å². The quantitative estimate of drug-likeness (QED) is 0.339. The lowest BCUT2D eigenvalue weighted by Crippen LogP contribution is -2.56. The maximum atomic E-state index is 14.3. The van der Waals surface area contributed by atoms with E-state index in [-0.39, 0.29) is 24.3 Å². The highest BCUT2D eigenvalue weighted by Gasteiger charge is 2.80. The van der Waals surface area contributed by atoms with E-state index in [2.05, 4.69) is 6.58 Å². The van der Waals surface area contributed by atoms with E-state index in [1.54, 1.807) is 22.8 Å². The average Bonchev–Trinajstić information content (AvgIpc) is 3.36. The van der Waals surface area contributed by atoms with E-state index in [4.69, 9.17) is 9.84 Å². The number of fused-ring (bicyclic) bond motifs is 1. The van der Waals surface area contributed by atoms with E-state index in [1.165, 1.54) is 0 Å². The average molecular weight is 499 g/mol. The molecule has 4 rings (SSSR count). The van der Waals surface area contributed by atoms with Crippen LogP contribution in [0.25, 0.3) is 0 Å². The first-order valence-corrected chi connectivity index (χ1v) is 13.0. The minimum atomic E-state index is -1.16. The molecule has 196 valence electrons. The number of amides is 2. The van der Waals surface area contributed by atoms with Gasteiger partial charge in [0.05, 0.1) is 11.5 Å². The molecule has 8 nitrogen and oxygen atoms in total. The highest BCUT2D eigenvalue weighted by molar-refractivity contribution is 5.98. The first-order chi connectivity index (χ1) is 17.2. The summed E-state index contributed by atoms with van der Waals surface area (Å²) in [5, 5.41) is 19.3. The monoisotopic (exact) mass is 498 g/mol. The standard InChI is InChI=1S/C28H38N2O6/c1-4-14-29(18-20-12-8-7-9-13-20)25(33)23-28-17-19(2)27(3,36-28)22(26(34)35)21(28)24(32)30(23)15-10-5-6-11-16-31/h4,7-9,12-13,19,21-23,31H,1,5-6,10-11,14-18H2,2-3H3,(H,34,35)/t19?,21-,22-,23?,27+,28?/m0/s1. The Balaban J connectivity index is 1.70. The molecule has 2 N–H and O–H groups in total. The number of aliphatic carboxylic acids is 1. The van der Waals surface area contributed by atoms with Crippen LogP contribution in [0, 0.1) is 17.8 Å². The van der Waals surface area contributed by atoms with Gasteiger partial charge in [-0.1, -0.05) is 56.2 Å². The summed E-state index contributed by atoms with van der Waals surface area (Å²) in [6, 6.07) is 8.76. The van der Waals surface area contributed by atoms with E-state index >= 15 is 0 Å². The lowest BCUT2D eigenvalue weighted by Gasteiger charge is -2.37. The van der Waals surface area contributed by atoms with Crippen LogP contribution in [0.2, 0.25) is 0 Å². The molecule has 6 atom stereocenters. The zero-order valence-corrected chi connectivity index (χ0v) is 21.3. The topological polar surface area (TPSA) is 107 Å². The number of aliphatic hydroxyl groups is 1. The van der Waals surface area contributed by atoms with Gasteiger partial charge in [0.25, 0.3) is 0 Å². The van der Waals surface area contributed by atoms with Gasteiger partial charge >= 0.3 is 5.97 Å². The van der Waals surface area contributed by atoms with Gasteiger partial charge in [0, 0.05) is 26.2 Å². The molecule has 0 radical (unpaired) electrons. The zero-order valence-electron chi connectivity index (χ0n) is 21.3. The molecule has 0 aromatic heterocycles. The van der Waals surface area contributed by atoms with Crippen LogP contribution in [0.3, 0.4) is 0 Å². The van der Waals surface area contributed by atoms with Crippen LogP contribution in [0.15, 0.2) is 43.0 Å². The van der Waals surface area contributed by atoms with E-state index in [9.17, 15) is 19.5 Å². The molecule has 2 amide bonds. The molecular formula is C28H38N2O6. The molecule has 36 heavy (non-hydrogen) atoms. The predicted octanol–water partition coefficient (Wildman–Crippen LogP) is 2.85.